The first-order valence-electron chi connectivity index (χ1n) is 6.77. The Morgan fingerprint density at radius 1 is 1.16 bits per heavy atom. The van der Waals surface area contributed by atoms with Crippen molar-refractivity contribution in [1.29, 1.82) is 0 Å². The van der Waals surface area contributed by atoms with Crippen LogP contribution in [0, 0.1) is 0 Å². The first-order valence-corrected chi connectivity index (χ1v) is 6.77. The zero-order valence-corrected chi connectivity index (χ0v) is 12.1. The number of carbonyl (C=O) groups is 1. The molecule has 0 radical (unpaired) electrons. The average molecular weight is 266 g/mol. The Bertz CT molecular complexity index is 345. The van der Waals surface area contributed by atoms with Crippen molar-refractivity contribution < 1.29 is 15.0 Å². The van der Waals surface area contributed by atoms with E-state index in [1.54, 1.807) is 0 Å². The highest BCUT2D eigenvalue weighted by molar-refractivity contribution is 5.87. The second-order valence-corrected chi connectivity index (χ2v) is 4.21. The molecule has 0 aromatic heterocycles. The number of unbranched alkanes of at least 4 members (excludes halogenated alkanes) is 1. The van der Waals surface area contributed by atoms with E-state index in [0.717, 1.165) is 0 Å². The normalized spacial score (nSPS) is 9.89. The molecule has 0 heterocycles. The fraction of sp³-hybridized carbons (Fsp3) is 0.533. The van der Waals surface area contributed by atoms with Gasteiger partial charge in [-0.15, -0.1) is 5.75 Å². The van der Waals surface area contributed by atoms with Crippen molar-refractivity contribution in [2.75, 3.05) is 19.6 Å². The van der Waals surface area contributed by atoms with Crippen molar-refractivity contribution in [1.82, 2.24) is 4.90 Å². The number of hydrogen-bond acceptors (Lipinski definition) is 3. The van der Waals surface area contributed by atoms with Crippen LogP contribution in [0.3, 0.4) is 0 Å². The van der Waals surface area contributed by atoms with Gasteiger partial charge in [-0.05, 0) is 38.2 Å². The third-order valence-corrected chi connectivity index (χ3v) is 2.82. The predicted molar refractivity (Wildman–Crippen MR) is 75.5 cm³/mol. The molecule has 1 aromatic carbocycles. The lowest BCUT2D eigenvalue weighted by atomic mass is 10.2. The topological polar surface area (TPSA) is 63.6 Å². The van der Waals surface area contributed by atoms with Crippen LogP contribution in [0.1, 0.15) is 44.0 Å². The van der Waals surface area contributed by atoms with E-state index in [1.165, 1.54) is 56.7 Å². The van der Waals surface area contributed by atoms with Crippen molar-refractivity contribution >= 4 is 5.97 Å². The van der Waals surface area contributed by atoms with Crippen LogP contribution in [0.5, 0.6) is 5.75 Å². The van der Waals surface area contributed by atoms with Gasteiger partial charge in [-0.25, -0.2) is 4.79 Å². The molecule has 0 saturated heterocycles. The van der Waals surface area contributed by atoms with E-state index in [2.05, 4.69) is 25.7 Å². The Kier molecular flexibility index (Phi) is 9.53. The van der Waals surface area contributed by atoms with E-state index < -0.39 is 5.97 Å². The highest BCUT2D eigenvalue weighted by Crippen LogP contribution is 2.05. The fourth-order valence-corrected chi connectivity index (χ4v) is 1.52. The van der Waals surface area contributed by atoms with Crippen molar-refractivity contribution in [3.8, 4) is 5.75 Å². The number of nitrogens with zero attached hydrogens (tertiary/aromatic N) is 1. The second kappa shape index (κ2) is 10.4. The molecule has 1 N–H and O–H groups in total. The van der Waals surface area contributed by atoms with Crippen LogP contribution in [0.15, 0.2) is 24.3 Å². The Balaban J connectivity index is 0.000000344. The van der Waals surface area contributed by atoms with Crippen LogP contribution in [0.25, 0.3) is 0 Å². The summed E-state index contributed by atoms with van der Waals surface area (Å²) in [5, 5.41) is 18.8. The summed E-state index contributed by atoms with van der Waals surface area (Å²) in [6.07, 6.45) is 2.66. The number of hydrogen-bond donors (Lipinski definition) is 1. The summed E-state index contributed by atoms with van der Waals surface area (Å²) in [6, 6.07) is 5.02. The van der Waals surface area contributed by atoms with Crippen molar-refractivity contribution in [3.05, 3.63) is 29.8 Å². The molecule has 0 aliphatic heterocycles. The van der Waals surface area contributed by atoms with Crippen LogP contribution in [0.2, 0.25) is 0 Å². The first kappa shape index (κ1) is 17.4. The fourth-order valence-electron chi connectivity index (χ4n) is 1.52. The highest BCUT2D eigenvalue weighted by Gasteiger charge is 1.97. The summed E-state index contributed by atoms with van der Waals surface area (Å²) in [4.78, 5) is 12.7. The standard InChI is InChI=1S/C8H19N.C7H6O3/c1-4-7-8-9(5-2)6-3;8-6-3-1-5(2-4-6)7(9)10/h4-8H2,1-3H3;1-4,8H,(H,9,10)/p-1. The molecule has 0 aliphatic rings. The van der Waals surface area contributed by atoms with Gasteiger partial charge in [-0.3, -0.25) is 0 Å². The summed E-state index contributed by atoms with van der Waals surface area (Å²) in [5.41, 5.74) is 0.139. The van der Waals surface area contributed by atoms with Crippen molar-refractivity contribution in [2.24, 2.45) is 0 Å². The lowest BCUT2D eigenvalue weighted by Crippen LogP contribution is -2.23. The number of carboxylic acids is 1. The zero-order valence-electron chi connectivity index (χ0n) is 12.1. The van der Waals surface area contributed by atoms with Crippen molar-refractivity contribution in [2.45, 2.75) is 33.6 Å². The van der Waals surface area contributed by atoms with Crippen molar-refractivity contribution in [3.63, 3.8) is 0 Å². The largest absolute Gasteiger partial charge is 0.872 e. The maximum atomic E-state index is 10.5. The minimum Gasteiger partial charge on any atom is -0.872 e. The van der Waals surface area contributed by atoms with Gasteiger partial charge in [0.15, 0.2) is 0 Å². The quantitative estimate of drug-likeness (QED) is 0.859. The van der Waals surface area contributed by atoms with Gasteiger partial charge >= 0.3 is 5.97 Å². The molecule has 0 saturated carbocycles. The third-order valence-electron chi connectivity index (χ3n) is 2.82. The molecule has 1 aromatic rings. The van der Waals surface area contributed by atoms with Gasteiger partial charge in [0.1, 0.15) is 0 Å². The Hall–Kier alpha value is -1.55. The van der Waals surface area contributed by atoms with E-state index in [1.807, 2.05) is 0 Å². The minimum absolute atomic E-state index is 0.139. The molecule has 4 heteroatoms. The predicted octanol–water partition coefficient (Wildman–Crippen LogP) is 2.59. The zero-order chi connectivity index (χ0) is 14.7. The highest BCUT2D eigenvalue weighted by atomic mass is 16.4. The van der Waals surface area contributed by atoms with E-state index in [-0.39, 0.29) is 11.3 Å². The van der Waals surface area contributed by atoms with Gasteiger partial charge in [0.2, 0.25) is 0 Å². The molecule has 19 heavy (non-hydrogen) atoms. The summed E-state index contributed by atoms with van der Waals surface area (Å²) in [7, 11) is 0. The molecule has 0 bridgehead atoms. The number of rotatable bonds is 6. The van der Waals surface area contributed by atoms with Crippen LogP contribution < -0.4 is 5.11 Å². The van der Waals surface area contributed by atoms with Gasteiger partial charge in [0.25, 0.3) is 0 Å². The molecule has 0 spiro atoms. The van der Waals surface area contributed by atoms with Gasteiger partial charge in [-0.1, -0.05) is 39.3 Å². The molecule has 108 valence electrons. The maximum absolute atomic E-state index is 10.5. The molecule has 0 aliphatic carbocycles. The molecule has 0 fully saturated rings. The van der Waals surface area contributed by atoms with Gasteiger partial charge < -0.3 is 15.1 Å². The van der Waals surface area contributed by atoms with Crippen LogP contribution in [0.4, 0.5) is 0 Å². The van der Waals surface area contributed by atoms with Crippen LogP contribution in [-0.4, -0.2) is 35.6 Å². The SMILES string of the molecule is CCCCN(CC)CC.O=C(O)c1ccc([O-])cc1. The first-order chi connectivity index (χ1) is 9.04. The lowest BCUT2D eigenvalue weighted by Gasteiger charge is -2.16. The lowest BCUT2D eigenvalue weighted by molar-refractivity contribution is -0.268. The van der Waals surface area contributed by atoms with Gasteiger partial charge in [-0.2, -0.15) is 0 Å². The monoisotopic (exact) mass is 266 g/mol. The minimum atomic E-state index is -1.01. The average Bonchev–Trinajstić information content (AvgIpc) is 2.41. The number of aromatic carboxylic acids is 1. The van der Waals surface area contributed by atoms with Crippen LogP contribution >= 0.6 is 0 Å². The van der Waals surface area contributed by atoms with E-state index in [9.17, 15) is 9.90 Å². The molecule has 0 atom stereocenters. The number of benzene rings is 1. The Morgan fingerprint density at radius 2 is 1.68 bits per heavy atom. The summed E-state index contributed by atoms with van der Waals surface area (Å²) >= 11 is 0. The second-order valence-electron chi connectivity index (χ2n) is 4.21. The molecule has 4 nitrogen and oxygen atoms in total. The van der Waals surface area contributed by atoms with Crippen LogP contribution in [-0.2, 0) is 0 Å². The van der Waals surface area contributed by atoms with Gasteiger partial charge in [0.05, 0.1) is 5.56 Å². The smallest absolute Gasteiger partial charge is 0.335 e. The van der Waals surface area contributed by atoms with Gasteiger partial charge in [0, 0.05) is 0 Å². The Morgan fingerprint density at radius 3 is 2.05 bits per heavy atom. The molecular formula is C15H24NO3-. The molecular weight excluding hydrogens is 242 g/mol. The van der Waals surface area contributed by atoms with E-state index >= 15 is 0 Å². The maximum Gasteiger partial charge on any atom is 0.335 e. The Labute approximate surface area is 115 Å². The number of carboxylic acid groups (broad SMARTS) is 1. The summed E-state index contributed by atoms with van der Waals surface area (Å²) in [6.45, 7) is 10.4. The molecule has 0 amide bonds. The molecule has 1 rings (SSSR count). The summed E-state index contributed by atoms with van der Waals surface area (Å²) in [5.74, 6) is -1.19. The van der Waals surface area contributed by atoms with E-state index in [4.69, 9.17) is 5.11 Å². The van der Waals surface area contributed by atoms with E-state index in [0.29, 0.717) is 0 Å². The third kappa shape index (κ3) is 8.21. The molecule has 0 unspecified atom stereocenters. The summed E-state index contributed by atoms with van der Waals surface area (Å²) < 4.78 is 0.